The van der Waals surface area contributed by atoms with Gasteiger partial charge in [-0.05, 0) is 37.0 Å². The first-order valence-electron chi connectivity index (χ1n) is 9.92. The second-order valence-electron chi connectivity index (χ2n) is 7.21. The molecule has 0 radical (unpaired) electrons. The fourth-order valence-corrected chi connectivity index (χ4v) is 5.67. The molecule has 0 atom stereocenters. The van der Waals surface area contributed by atoms with Crippen molar-refractivity contribution in [3.05, 3.63) is 65.5 Å². The third-order valence-corrected chi connectivity index (χ3v) is 7.76. The van der Waals surface area contributed by atoms with Crippen LogP contribution in [0.5, 0.6) is 0 Å². The van der Waals surface area contributed by atoms with Crippen molar-refractivity contribution in [1.82, 2.24) is 9.29 Å². The van der Waals surface area contributed by atoms with Gasteiger partial charge >= 0.3 is 0 Å². The van der Waals surface area contributed by atoms with Crippen LogP contribution in [0.4, 0.5) is 5.13 Å². The lowest BCUT2D eigenvalue weighted by molar-refractivity contribution is -0.116. The molecule has 156 valence electrons. The number of sulfonamides is 1. The lowest BCUT2D eigenvalue weighted by atomic mass is 10.1. The average molecular weight is 442 g/mol. The molecule has 8 heteroatoms. The van der Waals surface area contributed by atoms with Crippen LogP contribution in [0.15, 0.2) is 64.9 Å². The van der Waals surface area contributed by atoms with Crippen LogP contribution in [-0.4, -0.2) is 36.7 Å². The maximum Gasteiger partial charge on any atom is 0.243 e. The molecule has 0 unspecified atom stereocenters. The van der Waals surface area contributed by atoms with Gasteiger partial charge in [0.05, 0.1) is 10.6 Å². The molecule has 1 aromatic heterocycles. The van der Waals surface area contributed by atoms with Crippen LogP contribution in [-0.2, 0) is 21.2 Å². The average Bonchev–Trinajstić information content (AvgIpc) is 3.46. The number of amides is 1. The Morgan fingerprint density at radius 1 is 1.03 bits per heavy atom. The number of hydrogen-bond donors (Lipinski definition) is 1. The van der Waals surface area contributed by atoms with E-state index in [1.807, 2.05) is 35.7 Å². The van der Waals surface area contributed by atoms with E-state index in [-0.39, 0.29) is 5.91 Å². The van der Waals surface area contributed by atoms with Gasteiger partial charge in [-0.2, -0.15) is 4.31 Å². The summed E-state index contributed by atoms with van der Waals surface area (Å²) in [5.74, 6) is -0.113. The standard InChI is InChI=1S/C22H23N3O3S2/c26-21(24-22-23-20(16-29-22)18-6-2-1-3-7-18)13-10-17-8-11-19(12-9-17)30(27,28)25-14-4-5-15-25/h1-3,6-9,11-12,16H,4-5,10,13-15H2,(H,23,24,26). The maximum absolute atomic E-state index is 12.6. The predicted molar refractivity (Wildman–Crippen MR) is 119 cm³/mol. The molecule has 1 amide bonds. The van der Waals surface area contributed by atoms with Crippen LogP contribution in [0.25, 0.3) is 11.3 Å². The summed E-state index contributed by atoms with van der Waals surface area (Å²) in [6.07, 6.45) is 2.67. The summed E-state index contributed by atoms with van der Waals surface area (Å²) in [6.45, 7) is 1.18. The van der Waals surface area contributed by atoms with Gasteiger partial charge in [-0.25, -0.2) is 13.4 Å². The van der Waals surface area contributed by atoms with E-state index in [0.717, 1.165) is 29.7 Å². The minimum absolute atomic E-state index is 0.113. The summed E-state index contributed by atoms with van der Waals surface area (Å²) >= 11 is 1.40. The van der Waals surface area contributed by atoms with E-state index in [1.54, 1.807) is 24.3 Å². The number of benzene rings is 2. The molecular formula is C22H23N3O3S2. The zero-order chi connectivity index (χ0) is 21.0. The van der Waals surface area contributed by atoms with Crippen LogP contribution in [0.2, 0.25) is 0 Å². The van der Waals surface area contributed by atoms with Gasteiger partial charge in [0.2, 0.25) is 15.9 Å². The Bertz CT molecular complexity index is 1100. The second kappa shape index (κ2) is 9.07. The number of aromatic nitrogens is 1. The molecule has 0 saturated carbocycles. The van der Waals surface area contributed by atoms with Crippen molar-refractivity contribution in [2.75, 3.05) is 18.4 Å². The number of thiazole rings is 1. The summed E-state index contributed by atoms with van der Waals surface area (Å²) in [5, 5.41) is 5.34. The Kier molecular flexibility index (Phi) is 6.26. The number of nitrogens with zero attached hydrogens (tertiary/aromatic N) is 2. The minimum atomic E-state index is -3.40. The van der Waals surface area contributed by atoms with Crippen LogP contribution < -0.4 is 5.32 Å². The molecule has 1 saturated heterocycles. The van der Waals surface area contributed by atoms with Crippen molar-refractivity contribution in [1.29, 1.82) is 0 Å². The van der Waals surface area contributed by atoms with E-state index in [0.29, 0.717) is 36.0 Å². The van der Waals surface area contributed by atoms with Crippen molar-refractivity contribution < 1.29 is 13.2 Å². The Hall–Kier alpha value is -2.55. The second-order valence-corrected chi connectivity index (χ2v) is 10.0. The van der Waals surface area contributed by atoms with Crippen molar-refractivity contribution in [3.8, 4) is 11.3 Å². The summed E-state index contributed by atoms with van der Waals surface area (Å²) in [6, 6.07) is 16.7. The van der Waals surface area contributed by atoms with Crippen LogP contribution in [0.1, 0.15) is 24.8 Å². The van der Waals surface area contributed by atoms with E-state index < -0.39 is 10.0 Å². The Balaban J connectivity index is 1.31. The third-order valence-electron chi connectivity index (χ3n) is 5.09. The molecule has 1 aliphatic rings. The molecule has 1 aliphatic heterocycles. The molecule has 4 rings (SSSR count). The summed E-state index contributed by atoms with van der Waals surface area (Å²) in [4.78, 5) is 17.1. The number of carbonyl (C=O) groups is 1. The molecule has 1 N–H and O–H groups in total. The molecule has 0 bridgehead atoms. The zero-order valence-corrected chi connectivity index (χ0v) is 18.1. The van der Waals surface area contributed by atoms with Crippen molar-refractivity contribution in [2.24, 2.45) is 0 Å². The minimum Gasteiger partial charge on any atom is -0.302 e. The van der Waals surface area contributed by atoms with E-state index in [1.165, 1.54) is 15.6 Å². The van der Waals surface area contributed by atoms with Crippen molar-refractivity contribution >= 4 is 32.4 Å². The van der Waals surface area contributed by atoms with Crippen LogP contribution in [0.3, 0.4) is 0 Å². The largest absolute Gasteiger partial charge is 0.302 e. The normalized spacial score (nSPS) is 14.7. The van der Waals surface area contributed by atoms with Crippen molar-refractivity contribution in [3.63, 3.8) is 0 Å². The summed E-state index contributed by atoms with van der Waals surface area (Å²) in [7, 11) is -3.40. The SMILES string of the molecule is O=C(CCc1ccc(S(=O)(=O)N2CCCC2)cc1)Nc1nc(-c2ccccc2)cs1. The smallest absolute Gasteiger partial charge is 0.243 e. The van der Waals surface area contributed by atoms with Crippen LogP contribution >= 0.6 is 11.3 Å². The first-order chi connectivity index (χ1) is 14.5. The first kappa shape index (κ1) is 20.7. The first-order valence-corrected chi connectivity index (χ1v) is 12.2. The Morgan fingerprint density at radius 3 is 2.43 bits per heavy atom. The highest BCUT2D eigenvalue weighted by Gasteiger charge is 2.26. The molecule has 2 aromatic carbocycles. The van der Waals surface area contributed by atoms with Crippen molar-refractivity contribution in [2.45, 2.75) is 30.6 Å². The third kappa shape index (κ3) is 4.77. The van der Waals surface area contributed by atoms with Gasteiger partial charge < -0.3 is 5.32 Å². The number of hydrogen-bond acceptors (Lipinski definition) is 5. The van der Waals surface area contributed by atoms with E-state index in [9.17, 15) is 13.2 Å². The topological polar surface area (TPSA) is 79.4 Å². The fourth-order valence-electron chi connectivity index (χ4n) is 3.42. The highest BCUT2D eigenvalue weighted by atomic mass is 32.2. The van der Waals surface area contributed by atoms with Gasteiger partial charge in [-0.15, -0.1) is 11.3 Å². The molecule has 2 heterocycles. The molecule has 6 nitrogen and oxygen atoms in total. The molecule has 0 spiro atoms. The highest BCUT2D eigenvalue weighted by Crippen LogP contribution is 2.25. The van der Waals surface area contributed by atoms with Gasteiger partial charge in [0.1, 0.15) is 0 Å². The lowest BCUT2D eigenvalue weighted by Gasteiger charge is -2.15. The van der Waals surface area contributed by atoms with E-state index in [4.69, 9.17) is 0 Å². The molecule has 3 aromatic rings. The van der Waals surface area contributed by atoms with E-state index >= 15 is 0 Å². The van der Waals surface area contributed by atoms with Gasteiger partial charge in [-0.3, -0.25) is 4.79 Å². The molecule has 1 fully saturated rings. The van der Waals surface area contributed by atoms with Gasteiger partial charge in [0, 0.05) is 30.5 Å². The van der Waals surface area contributed by atoms with Gasteiger partial charge in [0.15, 0.2) is 5.13 Å². The number of rotatable bonds is 7. The number of aryl methyl sites for hydroxylation is 1. The fraction of sp³-hybridized carbons (Fsp3) is 0.273. The number of nitrogens with one attached hydrogen (secondary N) is 1. The summed E-state index contributed by atoms with van der Waals surface area (Å²) < 4.78 is 26.7. The van der Waals surface area contributed by atoms with Gasteiger partial charge in [0.25, 0.3) is 0 Å². The van der Waals surface area contributed by atoms with E-state index in [2.05, 4.69) is 10.3 Å². The monoisotopic (exact) mass is 441 g/mol. The Morgan fingerprint density at radius 2 is 1.73 bits per heavy atom. The molecular weight excluding hydrogens is 418 g/mol. The quantitative estimate of drug-likeness (QED) is 0.597. The lowest BCUT2D eigenvalue weighted by Crippen LogP contribution is -2.27. The predicted octanol–water partition coefficient (Wildman–Crippen LogP) is 4.17. The highest BCUT2D eigenvalue weighted by molar-refractivity contribution is 7.89. The molecule has 30 heavy (non-hydrogen) atoms. The maximum atomic E-state index is 12.6. The Labute approximate surface area is 180 Å². The summed E-state index contributed by atoms with van der Waals surface area (Å²) in [5.41, 5.74) is 2.78. The zero-order valence-electron chi connectivity index (χ0n) is 16.5. The molecule has 0 aliphatic carbocycles. The van der Waals surface area contributed by atoms with Gasteiger partial charge in [-0.1, -0.05) is 42.5 Å². The number of carbonyl (C=O) groups excluding carboxylic acids is 1. The van der Waals surface area contributed by atoms with Crippen LogP contribution in [0, 0.1) is 0 Å². The number of anilines is 1.